The summed E-state index contributed by atoms with van der Waals surface area (Å²) in [5.41, 5.74) is 2.34. The van der Waals surface area contributed by atoms with Crippen molar-refractivity contribution in [3.63, 3.8) is 0 Å². The molecule has 3 heterocycles. The Bertz CT molecular complexity index is 976. The van der Waals surface area contributed by atoms with E-state index in [1.54, 1.807) is 6.20 Å². The van der Waals surface area contributed by atoms with Crippen LogP contribution in [0.5, 0.6) is 0 Å². The Balaban J connectivity index is 0.00000102. The summed E-state index contributed by atoms with van der Waals surface area (Å²) in [6.07, 6.45) is 13.3. The number of hydrogen-bond donors (Lipinski definition) is 3. The average Bonchev–Trinajstić information content (AvgIpc) is 3.17. The fourth-order valence-electron chi connectivity index (χ4n) is 6.29. The molecule has 29 heavy (non-hydrogen) atoms. The van der Waals surface area contributed by atoms with Crippen molar-refractivity contribution in [1.82, 2.24) is 20.6 Å². The van der Waals surface area contributed by atoms with E-state index in [2.05, 4.69) is 25.6 Å². The Morgan fingerprint density at radius 2 is 1.79 bits per heavy atom. The minimum Gasteiger partial charge on any atom is -0.350 e. The molecule has 0 saturated heterocycles. The van der Waals surface area contributed by atoms with Gasteiger partial charge < -0.3 is 10.3 Å². The fourth-order valence-corrected chi connectivity index (χ4v) is 6.29. The van der Waals surface area contributed by atoms with Gasteiger partial charge in [0.2, 0.25) is 5.96 Å². The molecular weight excluding hydrogens is 409 g/mol. The highest BCUT2D eigenvalue weighted by Crippen LogP contribution is 2.55. The zero-order valence-electron chi connectivity index (χ0n) is 16.0. The summed E-state index contributed by atoms with van der Waals surface area (Å²) in [6, 6.07) is 3.90. The Kier molecular flexibility index (Phi) is 5.11. The van der Waals surface area contributed by atoms with Crippen LogP contribution in [0.2, 0.25) is 0 Å². The van der Waals surface area contributed by atoms with Crippen LogP contribution in [0, 0.1) is 17.8 Å². The number of guanidine groups is 1. The second-order valence-electron chi connectivity index (χ2n) is 8.91. The molecular formula is C21H25Cl2N5O. The predicted octanol–water partition coefficient (Wildman–Crippen LogP) is 3.79. The smallest absolute Gasteiger partial charge is 0.276 e. The van der Waals surface area contributed by atoms with Crippen molar-refractivity contribution in [2.24, 2.45) is 22.7 Å². The van der Waals surface area contributed by atoms with E-state index in [1.807, 2.05) is 24.4 Å². The molecule has 4 aliphatic carbocycles. The first-order chi connectivity index (χ1) is 13.2. The van der Waals surface area contributed by atoms with Crippen LogP contribution < -0.4 is 10.6 Å². The summed E-state index contributed by atoms with van der Waals surface area (Å²) >= 11 is 0. The van der Waals surface area contributed by atoms with Gasteiger partial charge in [-0.3, -0.25) is 10.1 Å². The number of pyridine rings is 1. The molecule has 4 saturated carbocycles. The number of halogens is 2. The number of aliphatic imine (C=N–C) groups is 1. The SMILES string of the molecule is Cl.Cl.O=C1NC(NC23CC4CC(CC(C4)C2)C3)=NC1=Cc1c[nH]c2ncccc12. The number of nitrogens with one attached hydrogen (secondary N) is 3. The van der Waals surface area contributed by atoms with Crippen LogP contribution in [-0.2, 0) is 4.79 Å². The van der Waals surface area contributed by atoms with Gasteiger partial charge in [-0.25, -0.2) is 9.98 Å². The molecule has 2 aromatic heterocycles. The second-order valence-corrected chi connectivity index (χ2v) is 8.91. The van der Waals surface area contributed by atoms with E-state index in [0.717, 1.165) is 34.4 Å². The number of H-pyrrole nitrogens is 1. The zero-order chi connectivity index (χ0) is 18.0. The van der Waals surface area contributed by atoms with Crippen molar-refractivity contribution in [3.05, 3.63) is 35.8 Å². The van der Waals surface area contributed by atoms with Crippen LogP contribution in [-0.4, -0.2) is 27.4 Å². The molecule has 0 radical (unpaired) electrons. The van der Waals surface area contributed by atoms with Crippen LogP contribution >= 0.6 is 24.8 Å². The van der Waals surface area contributed by atoms with Gasteiger partial charge >= 0.3 is 0 Å². The van der Waals surface area contributed by atoms with Gasteiger partial charge in [-0.1, -0.05) is 0 Å². The van der Waals surface area contributed by atoms with Crippen LogP contribution in [0.25, 0.3) is 17.1 Å². The summed E-state index contributed by atoms with van der Waals surface area (Å²) in [6.45, 7) is 0. The first kappa shape index (κ1) is 20.2. The van der Waals surface area contributed by atoms with E-state index in [-0.39, 0.29) is 36.3 Å². The van der Waals surface area contributed by atoms with E-state index in [0.29, 0.717) is 11.7 Å². The fraction of sp³-hybridized carbons (Fsp3) is 0.476. The summed E-state index contributed by atoms with van der Waals surface area (Å²) in [7, 11) is 0. The van der Waals surface area contributed by atoms with Gasteiger partial charge in [0, 0.05) is 28.9 Å². The molecule has 0 aromatic carbocycles. The number of nitrogens with zero attached hydrogens (tertiary/aromatic N) is 2. The highest BCUT2D eigenvalue weighted by atomic mass is 35.5. The topological polar surface area (TPSA) is 82.2 Å². The lowest BCUT2D eigenvalue weighted by molar-refractivity contribution is -0.115. The van der Waals surface area contributed by atoms with Gasteiger partial charge in [-0.15, -0.1) is 24.8 Å². The standard InChI is InChI=1S/C21H23N5O.2ClH/c27-19-17(7-15-11-23-18-16(15)2-1-3-22-18)24-20(25-19)26-21-8-12-4-13(9-21)6-14(5-12)10-21;;/h1-3,7,11-14H,4-6,8-10H2,(H,22,23)(H2,24,25,26,27);2*1H. The normalized spacial score (nSPS) is 33.2. The van der Waals surface area contributed by atoms with Crippen molar-refractivity contribution < 1.29 is 4.79 Å². The zero-order valence-corrected chi connectivity index (χ0v) is 17.6. The number of amides is 1. The van der Waals surface area contributed by atoms with Gasteiger partial charge in [0.05, 0.1) is 0 Å². The quantitative estimate of drug-likeness (QED) is 0.629. The predicted molar refractivity (Wildman–Crippen MR) is 118 cm³/mol. The van der Waals surface area contributed by atoms with Gasteiger partial charge in [0.1, 0.15) is 11.3 Å². The van der Waals surface area contributed by atoms with Crippen LogP contribution in [0.15, 0.2) is 35.2 Å². The van der Waals surface area contributed by atoms with Gasteiger partial charge in [0.25, 0.3) is 5.91 Å². The maximum Gasteiger partial charge on any atom is 0.276 e. The summed E-state index contributed by atoms with van der Waals surface area (Å²) < 4.78 is 0. The van der Waals surface area contributed by atoms with Gasteiger partial charge in [-0.05, 0) is 74.5 Å². The first-order valence-electron chi connectivity index (χ1n) is 9.98. The number of carbonyl (C=O) groups is 1. The number of hydrogen-bond acceptors (Lipinski definition) is 4. The third-order valence-electron chi connectivity index (χ3n) is 6.89. The number of rotatable bonds is 2. The van der Waals surface area contributed by atoms with Crippen molar-refractivity contribution in [2.45, 2.75) is 44.1 Å². The Morgan fingerprint density at radius 3 is 2.48 bits per heavy atom. The molecule has 4 bridgehead atoms. The highest BCUT2D eigenvalue weighted by molar-refractivity contribution is 6.14. The van der Waals surface area contributed by atoms with Crippen LogP contribution in [0.4, 0.5) is 0 Å². The highest BCUT2D eigenvalue weighted by Gasteiger charge is 2.51. The summed E-state index contributed by atoms with van der Waals surface area (Å²) in [5, 5.41) is 7.60. The van der Waals surface area contributed by atoms with E-state index < -0.39 is 0 Å². The monoisotopic (exact) mass is 433 g/mol. The molecule has 7 rings (SSSR count). The molecule has 154 valence electrons. The molecule has 5 aliphatic rings. The lowest BCUT2D eigenvalue weighted by Crippen LogP contribution is -2.61. The summed E-state index contributed by atoms with van der Waals surface area (Å²) in [4.78, 5) is 24.5. The third-order valence-corrected chi connectivity index (χ3v) is 6.89. The maximum atomic E-state index is 12.5. The molecule has 0 spiro atoms. The van der Waals surface area contributed by atoms with E-state index in [4.69, 9.17) is 0 Å². The van der Waals surface area contributed by atoms with E-state index in [9.17, 15) is 4.79 Å². The number of fused-ring (bicyclic) bond motifs is 1. The summed E-state index contributed by atoms with van der Waals surface area (Å²) in [5.74, 6) is 3.06. The third kappa shape index (κ3) is 3.42. The molecule has 3 N–H and O–H groups in total. The molecule has 1 amide bonds. The van der Waals surface area contributed by atoms with Crippen LogP contribution in [0.3, 0.4) is 0 Å². The molecule has 0 unspecified atom stereocenters. The van der Waals surface area contributed by atoms with Crippen molar-refractivity contribution in [2.75, 3.05) is 0 Å². The Labute approximate surface area is 181 Å². The lowest BCUT2D eigenvalue weighted by atomic mass is 9.53. The number of aromatic amines is 1. The largest absolute Gasteiger partial charge is 0.350 e. The van der Waals surface area contributed by atoms with E-state index in [1.165, 1.54) is 38.5 Å². The van der Waals surface area contributed by atoms with Crippen molar-refractivity contribution >= 4 is 53.8 Å². The molecule has 1 aliphatic heterocycles. The maximum absolute atomic E-state index is 12.5. The van der Waals surface area contributed by atoms with Gasteiger partial charge in [-0.2, -0.15) is 0 Å². The van der Waals surface area contributed by atoms with Gasteiger partial charge in [0.15, 0.2) is 0 Å². The molecule has 8 heteroatoms. The molecule has 4 fully saturated rings. The average molecular weight is 434 g/mol. The minimum atomic E-state index is -0.138. The number of carbonyl (C=O) groups excluding carboxylic acids is 1. The van der Waals surface area contributed by atoms with Crippen molar-refractivity contribution in [1.29, 1.82) is 0 Å². The minimum absolute atomic E-state index is 0. The Morgan fingerprint density at radius 1 is 1.10 bits per heavy atom. The van der Waals surface area contributed by atoms with E-state index >= 15 is 0 Å². The Hall–Kier alpha value is -2.05. The molecule has 0 atom stereocenters. The first-order valence-corrected chi connectivity index (χ1v) is 9.98. The molecule has 2 aromatic rings. The van der Waals surface area contributed by atoms with Crippen molar-refractivity contribution in [3.8, 4) is 0 Å². The lowest BCUT2D eigenvalue weighted by Gasteiger charge is -2.57. The number of aromatic nitrogens is 2. The van der Waals surface area contributed by atoms with Crippen LogP contribution in [0.1, 0.15) is 44.1 Å². The molecule has 6 nitrogen and oxygen atoms in total. The second kappa shape index (κ2) is 7.33.